The smallest absolute Gasteiger partial charge is 0.228 e. The van der Waals surface area contributed by atoms with Gasteiger partial charge in [0.1, 0.15) is 12.1 Å². The van der Waals surface area contributed by atoms with Gasteiger partial charge in [-0.15, -0.1) is 0 Å². The molecule has 2 aromatic heterocycles. The second-order valence-corrected chi connectivity index (χ2v) is 6.18. The SMILES string of the molecule is Cc1noc(C)c1CC(=O)Nc1ccc(-n2cnc3ccccc32)cc1. The predicted octanol–water partition coefficient (Wildman–Crippen LogP) is 3.81. The normalized spacial score (nSPS) is 11.0. The first-order valence-corrected chi connectivity index (χ1v) is 8.36. The van der Waals surface area contributed by atoms with Gasteiger partial charge < -0.3 is 9.84 Å². The Bertz CT molecular complexity index is 1060. The Balaban J connectivity index is 1.50. The van der Waals surface area contributed by atoms with Crippen LogP contribution in [-0.4, -0.2) is 20.6 Å². The van der Waals surface area contributed by atoms with Crippen molar-refractivity contribution in [3.63, 3.8) is 0 Å². The maximum absolute atomic E-state index is 12.3. The van der Waals surface area contributed by atoms with E-state index in [0.717, 1.165) is 33.7 Å². The number of aromatic nitrogens is 3. The number of aryl methyl sites for hydroxylation is 2. The number of imidazole rings is 1. The maximum atomic E-state index is 12.3. The molecule has 0 radical (unpaired) electrons. The fraction of sp³-hybridized carbons (Fsp3) is 0.150. The summed E-state index contributed by atoms with van der Waals surface area (Å²) < 4.78 is 7.12. The second kappa shape index (κ2) is 6.48. The average Bonchev–Trinajstić information content (AvgIpc) is 3.21. The molecule has 4 aromatic rings. The second-order valence-electron chi connectivity index (χ2n) is 6.18. The van der Waals surface area contributed by atoms with E-state index in [1.165, 1.54) is 0 Å². The zero-order valence-electron chi connectivity index (χ0n) is 14.6. The molecule has 0 unspecified atom stereocenters. The van der Waals surface area contributed by atoms with Gasteiger partial charge in [-0.25, -0.2) is 4.98 Å². The molecule has 6 nitrogen and oxygen atoms in total. The van der Waals surface area contributed by atoms with Crippen LogP contribution in [0, 0.1) is 13.8 Å². The standard InChI is InChI=1S/C20H18N4O2/c1-13-17(14(2)26-23-13)11-20(25)22-15-7-9-16(10-8-15)24-12-21-18-5-3-4-6-19(18)24/h3-10,12H,11H2,1-2H3,(H,22,25). The van der Waals surface area contributed by atoms with E-state index in [-0.39, 0.29) is 12.3 Å². The van der Waals surface area contributed by atoms with Gasteiger partial charge in [-0.1, -0.05) is 17.3 Å². The molecule has 130 valence electrons. The number of nitrogens with zero attached hydrogens (tertiary/aromatic N) is 3. The minimum Gasteiger partial charge on any atom is -0.361 e. The lowest BCUT2D eigenvalue weighted by Crippen LogP contribution is -2.15. The largest absolute Gasteiger partial charge is 0.361 e. The van der Waals surface area contributed by atoms with Gasteiger partial charge in [0.15, 0.2) is 0 Å². The van der Waals surface area contributed by atoms with Crippen LogP contribution in [0.25, 0.3) is 16.7 Å². The fourth-order valence-electron chi connectivity index (χ4n) is 2.99. The van der Waals surface area contributed by atoms with Gasteiger partial charge in [0.25, 0.3) is 0 Å². The van der Waals surface area contributed by atoms with Gasteiger partial charge in [-0.05, 0) is 50.2 Å². The van der Waals surface area contributed by atoms with Crippen molar-refractivity contribution in [3.8, 4) is 5.69 Å². The molecule has 0 spiro atoms. The summed E-state index contributed by atoms with van der Waals surface area (Å²) in [6.45, 7) is 3.65. The van der Waals surface area contributed by atoms with Crippen LogP contribution in [0.5, 0.6) is 0 Å². The summed E-state index contributed by atoms with van der Waals surface area (Å²) in [6.07, 6.45) is 2.05. The number of fused-ring (bicyclic) bond motifs is 1. The third-order valence-electron chi connectivity index (χ3n) is 4.40. The summed E-state index contributed by atoms with van der Waals surface area (Å²) in [7, 11) is 0. The summed E-state index contributed by atoms with van der Waals surface area (Å²) in [5, 5.41) is 6.79. The first kappa shape index (κ1) is 16.1. The van der Waals surface area contributed by atoms with E-state index in [4.69, 9.17) is 4.52 Å². The molecule has 2 aromatic carbocycles. The third-order valence-corrected chi connectivity index (χ3v) is 4.40. The number of nitrogens with one attached hydrogen (secondary N) is 1. The van der Waals surface area contributed by atoms with Crippen molar-refractivity contribution in [2.45, 2.75) is 20.3 Å². The van der Waals surface area contributed by atoms with Gasteiger partial charge in [0.2, 0.25) is 5.91 Å². The van der Waals surface area contributed by atoms with Crippen LogP contribution in [0.2, 0.25) is 0 Å². The molecule has 2 heterocycles. The fourth-order valence-corrected chi connectivity index (χ4v) is 2.99. The molecule has 0 bridgehead atoms. The van der Waals surface area contributed by atoms with Crippen LogP contribution in [-0.2, 0) is 11.2 Å². The molecule has 0 aliphatic rings. The minimum absolute atomic E-state index is 0.0970. The molecule has 0 atom stereocenters. The van der Waals surface area contributed by atoms with Crippen LogP contribution >= 0.6 is 0 Å². The molecule has 6 heteroatoms. The number of hydrogen-bond donors (Lipinski definition) is 1. The quantitative estimate of drug-likeness (QED) is 0.610. The molecule has 0 saturated carbocycles. The highest BCUT2D eigenvalue weighted by molar-refractivity contribution is 5.92. The summed E-state index contributed by atoms with van der Waals surface area (Å²) >= 11 is 0. The number of carbonyl (C=O) groups is 1. The minimum atomic E-state index is -0.0970. The van der Waals surface area contributed by atoms with Gasteiger partial charge in [-0.3, -0.25) is 9.36 Å². The molecule has 0 saturated heterocycles. The lowest BCUT2D eigenvalue weighted by Gasteiger charge is -2.08. The van der Waals surface area contributed by atoms with Gasteiger partial charge >= 0.3 is 0 Å². The Morgan fingerprint density at radius 2 is 1.88 bits per heavy atom. The van der Waals surface area contributed by atoms with E-state index >= 15 is 0 Å². The van der Waals surface area contributed by atoms with Crippen molar-refractivity contribution in [3.05, 3.63) is 71.9 Å². The van der Waals surface area contributed by atoms with Crippen LogP contribution in [0.1, 0.15) is 17.0 Å². The maximum Gasteiger partial charge on any atom is 0.228 e. The highest BCUT2D eigenvalue weighted by Gasteiger charge is 2.13. The number of amides is 1. The van der Waals surface area contributed by atoms with E-state index in [2.05, 4.69) is 15.5 Å². The van der Waals surface area contributed by atoms with Crippen molar-refractivity contribution in [1.82, 2.24) is 14.7 Å². The summed E-state index contributed by atoms with van der Waals surface area (Å²) in [5.41, 5.74) is 5.31. The van der Waals surface area contributed by atoms with Crippen molar-refractivity contribution in [2.75, 3.05) is 5.32 Å². The Hall–Kier alpha value is -3.41. The van der Waals surface area contributed by atoms with Crippen molar-refractivity contribution < 1.29 is 9.32 Å². The number of benzene rings is 2. The molecule has 1 amide bonds. The van der Waals surface area contributed by atoms with E-state index < -0.39 is 0 Å². The monoisotopic (exact) mass is 346 g/mol. The Labute approximate surface area is 150 Å². The van der Waals surface area contributed by atoms with Gasteiger partial charge in [-0.2, -0.15) is 0 Å². The van der Waals surface area contributed by atoms with Crippen molar-refractivity contribution in [1.29, 1.82) is 0 Å². The molecule has 0 aliphatic carbocycles. The zero-order chi connectivity index (χ0) is 18.1. The summed E-state index contributed by atoms with van der Waals surface area (Å²) in [4.78, 5) is 16.7. The molecule has 1 N–H and O–H groups in total. The van der Waals surface area contributed by atoms with Crippen LogP contribution in [0.4, 0.5) is 5.69 Å². The van der Waals surface area contributed by atoms with Gasteiger partial charge in [0.05, 0.1) is 23.1 Å². The molecule has 26 heavy (non-hydrogen) atoms. The number of para-hydroxylation sites is 2. The Morgan fingerprint density at radius 3 is 2.62 bits per heavy atom. The Kier molecular flexibility index (Phi) is 4.01. The van der Waals surface area contributed by atoms with Crippen LogP contribution in [0.3, 0.4) is 0 Å². The number of hydrogen-bond acceptors (Lipinski definition) is 4. The number of carbonyl (C=O) groups excluding carboxylic acids is 1. The molecular formula is C20H18N4O2. The lowest BCUT2D eigenvalue weighted by atomic mass is 10.1. The average molecular weight is 346 g/mol. The van der Waals surface area contributed by atoms with Crippen molar-refractivity contribution in [2.24, 2.45) is 0 Å². The van der Waals surface area contributed by atoms with E-state index in [1.54, 1.807) is 6.33 Å². The molecular weight excluding hydrogens is 328 g/mol. The number of rotatable bonds is 4. The first-order chi connectivity index (χ1) is 12.6. The highest BCUT2D eigenvalue weighted by atomic mass is 16.5. The number of anilines is 1. The molecule has 4 rings (SSSR count). The third kappa shape index (κ3) is 2.97. The van der Waals surface area contributed by atoms with E-state index in [0.29, 0.717) is 5.76 Å². The van der Waals surface area contributed by atoms with Crippen molar-refractivity contribution >= 4 is 22.6 Å². The summed E-state index contributed by atoms with van der Waals surface area (Å²) in [5.74, 6) is 0.584. The predicted molar refractivity (Wildman–Crippen MR) is 99.4 cm³/mol. The molecule has 0 fully saturated rings. The first-order valence-electron chi connectivity index (χ1n) is 8.36. The Morgan fingerprint density at radius 1 is 1.12 bits per heavy atom. The summed E-state index contributed by atoms with van der Waals surface area (Å²) in [6, 6.07) is 15.7. The van der Waals surface area contributed by atoms with E-state index in [1.807, 2.05) is 66.9 Å². The van der Waals surface area contributed by atoms with Gasteiger partial charge in [0, 0.05) is 16.9 Å². The zero-order valence-corrected chi connectivity index (χ0v) is 14.6. The lowest BCUT2D eigenvalue weighted by molar-refractivity contribution is -0.115. The topological polar surface area (TPSA) is 73.0 Å². The highest BCUT2D eigenvalue weighted by Crippen LogP contribution is 2.20. The molecule has 0 aliphatic heterocycles. The van der Waals surface area contributed by atoms with Crippen LogP contribution < -0.4 is 5.32 Å². The van der Waals surface area contributed by atoms with E-state index in [9.17, 15) is 4.79 Å². The van der Waals surface area contributed by atoms with Crippen LogP contribution in [0.15, 0.2) is 59.4 Å².